The molecule has 1 aromatic carbocycles. The molecule has 0 radical (unpaired) electrons. The Kier molecular flexibility index (Phi) is 5.78. The van der Waals surface area contributed by atoms with Crippen LogP contribution in [-0.2, 0) is 16.1 Å². The summed E-state index contributed by atoms with van der Waals surface area (Å²) in [5.41, 5.74) is 0.909. The smallest absolute Gasteiger partial charge is 0.341 e. The van der Waals surface area contributed by atoms with Crippen molar-refractivity contribution < 1.29 is 18.7 Å². The Morgan fingerprint density at radius 2 is 2.04 bits per heavy atom. The number of likely N-dealkylation sites (N-methyl/N-ethyl adjacent to an activating group) is 1. The number of carbonyl (C=O) groups excluding carboxylic acids is 2. The van der Waals surface area contributed by atoms with Gasteiger partial charge in [-0.2, -0.15) is 0 Å². The fourth-order valence-corrected chi connectivity index (χ4v) is 2.24. The number of esters is 1. The third-order valence-corrected chi connectivity index (χ3v) is 3.46. The number of methoxy groups -OCH3 is 1. The van der Waals surface area contributed by atoms with Crippen molar-refractivity contribution in [2.45, 2.75) is 6.54 Å². The van der Waals surface area contributed by atoms with E-state index in [0.29, 0.717) is 28.6 Å². The highest BCUT2D eigenvalue weighted by Gasteiger charge is 2.17. The van der Waals surface area contributed by atoms with Crippen molar-refractivity contribution in [2.24, 2.45) is 0 Å². The molecule has 0 spiro atoms. The molecule has 2 aromatic rings. The van der Waals surface area contributed by atoms with E-state index in [0.717, 1.165) is 0 Å². The maximum absolute atomic E-state index is 12.0. The fraction of sp³-hybridized carbons (Fsp3) is 0.250. The fourth-order valence-electron chi connectivity index (χ4n) is 2.05. The van der Waals surface area contributed by atoms with E-state index in [1.54, 1.807) is 42.3 Å². The van der Waals surface area contributed by atoms with Gasteiger partial charge in [0.05, 0.1) is 37.2 Å². The highest BCUT2D eigenvalue weighted by atomic mass is 35.5. The summed E-state index contributed by atoms with van der Waals surface area (Å²) in [6.07, 6.45) is 1.42. The Hall–Kier alpha value is -2.31. The number of halogens is 1. The molecular weight excluding hydrogens is 320 g/mol. The van der Waals surface area contributed by atoms with Crippen molar-refractivity contribution in [3.05, 3.63) is 52.9 Å². The normalized spacial score (nSPS) is 10.6. The lowest BCUT2D eigenvalue weighted by Crippen LogP contribution is -2.30. The summed E-state index contributed by atoms with van der Waals surface area (Å²) in [5.74, 6) is -0.237. The first-order valence-electron chi connectivity index (χ1n) is 6.89. The van der Waals surface area contributed by atoms with E-state index in [9.17, 15) is 9.59 Å². The Bertz CT molecular complexity index is 699. The monoisotopic (exact) mass is 336 g/mol. The van der Waals surface area contributed by atoms with Gasteiger partial charge in [-0.15, -0.1) is 0 Å². The summed E-state index contributed by atoms with van der Waals surface area (Å²) < 4.78 is 9.96. The van der Waals surface area contributed by atoms with Gasteiger partial charge < -0.3 is 14.5 Å². The first kappa shape index (κ1) is 17.1. The van der Waals surface area contributed by atoms with Crippen molar-refractivity contribution in [1.82, 2.24) is 4.90 Å². The standard InChI is InChI=1S/C16H17ClN2O4/c1-19(9-14-11(7-8-23-14)16(21)22-2)10-15(20)18-13-6-4-3-5-12(13)17/h3-8H,9-10H2,1-2H3,(H,18,20). The third-order valence-electron chi connectivity index (χ3n) is 3.13. The van der Waals surface area contributed by atoms with E-state index in [1.165, 1.54) is 13.4 Å². The molecular formula is C16H17ClN2O4. The number of rotatable bonds is 6. The van der Waals surface area contributed by atoms with Crippen LogP contribution in [0.4, 0.5) is 5.69 Å². The lowest BCUT2D eigenvalue weighted by atomic mass is 10.2. The highest BCUT2D eigenvalue weighted by Crippen LogP contribution is 2.20. The van der Waals surface area contributed by atoms with Gasteiger partial charge in [-0.25, -0.2) is 4.79 Å². The lowest BCUT2D eigenvalue weighted by molar-refractivity contribution is -0.117. The SMILES string of the molecule is COC(=O)c1ccoc1CN(C)CC(=O)Nc1ccccc1Cl. The summed E-state index contributed by atoms with van der Waals surface area (Å²) in [7, 11) is 3.05. The quantitative estimate of drug-likeness (QED) is 0.821. The molecule has 1 aromatic heterocycles. The van der Waals surface area contributed by atoms with Crippen LogP contribution in [0.15, 0.2) is 41.0 Å². The third kappa shape index (κ3) is 4.58. The van der Waals surface area contributed by atoms with Gasteiger partial charge in [0.1, 0.15) is 11.3 Å². The number of hydrogen-bond donors (Lipinski definition) is 1. The van der Waals surface area contributed by atoms with Crippen molar-refractivity contribution in [2.75, 3.05) is 26.0 Å². The molecule has 23 heavy (non-hydrogen) atoms. The van der Waals surface area contributed by atoms with Crippen LogP contribution < -0.4 is 5.32 Å². The summed E-state index contributed by atoms with van der Waals surface area (Å²) in [5, 5.41) is 3.21. The van der Waals surface area contributed by atoms with Gasteiger partial charge in [0.2, 0.25) is 5.91 Å². The zero-order chi connectivity index (χ0) is 16.8. The maximum Gasteiger partial charge on any atom is 0.341 e. The zero-order valence-corrected chi connectivity index (χ0v) is 13.6. The Morgan fingerprint density at radius 3 is 2.74 bits per heavy atom. The average Bonchev–Trinajstić information content (AvgIpc) is 2.96. The van der Waals surface area contributed by atoms with E-state index in [4.69, 9.17) is 16.0 Å². The molecule has 0 aliphatic heterocycles. The summed E-state index contributed by atoms with van der Waals surface area (Å²) in [6, 6.07) is 8.54. The van der Waals surface area contributed by atoms with Crippen LogP contribution in [-0.4, -0.2) is 37.5 Å². The van der Waals surface area contributed by atoms with E-state index in [2.05, 4.69) is 10.1 Å². The molecule has 0 atom stereocenters. The minimum absolute atomic E-state index is 0.118. The largest absolute Gasteiger partial charge is 0.467 e. The molecule has 0 saturated heterocycles. The zero-order valence-electron chi connectivity index (χ0n) is 12.8. The average molecular weight is 337 g/mol. The second-order valence-electron chi connectivity index (χ2n) is 4.95. The molecule has 2 rings (SSSR count). The number of benzene rings is 1. The van der Waals surface area contributed by atoms with E-state index < -0.39 is 5.97 Å². The topological polar surface area (TPSA) is 71.8 Å². The van der Waals surface area contributed by atoms with Gasteiger partial charge in [0, 0.05) is 0 Å². The first-order valence-corrected chi connectivity index (χ1v) is 7.26. The molecule has 0 unspecified atom stereocenters. The first-order chi connectivity index (χ1) is 11.0. The number of carbonyl (C=O) groups is 2. The molecule has 6 nitrogen and oxygen atoms in total. The van der Waals surface area contributed by atoms with Gasteiger partial charge >= 0.3 is 5.97 Å². The highest BCUT2D eigenvalue weighted by molar-refractivity contribution is 6.33. The predicted molar refractivity (Wildman–Crippen MR) is 86.5 cm³/mol. The molecule has 1 heterocycles. The Morgan fingerprint density at radius 1 is 1.30 bits per heavy atom. The van der Waals surface area contributed by atoms with Crippen LogP contribution in [0.1, 0.15) is 16.1 Å². The Balaban J connectivity index is 1.93. The number of nitrogens with zero attached hydrogens (tertiary/aromatic N) is 1. The van der Waals surface area contributed by atoms with Crippen LogP contribution >= 0.6 is 11.6 Å². The molecule has 7 heteroatoms. The minimum Gasteiger partial charge on any atom is -0.467 e. The van der Waals surface area contributed by atoms with E-state index in [-0.39, 0.29) is 12.5 Å². The molecule has 122 valence electrons. The lowest BCUT2D eigenvalue weighted by Gasteiger charge is -2.16. The van der Waals surface area contributed by atoms with Crippen molar-refractivity contribution in [1.29, 1.82) is 0 Å². The van der Waals surface area contributed by atoms with Crippen LogP contribution in [0.5, 0.6) is 0 Å². The number of para-hydroxylation sites is 1. The van der Waals surface area contributed by atoms with Crippen molar-refractivity contribution in [3.8, 4) is 0 Å². The molecule has 0 aliphatic carbocycles. The van der Waals surface area contributed by atoms with Gasteiger partial charge in [0.15, 0.2) is 0 Å². The second-order valence-corrected chi connectivity index (χ2v) is 5.36. The second kappa shape index (κ2) is 7.80. The van der Waals surface area contributed by atoms with Gasteiger partial charge in [-0.1, -0.05) is 23.7 Å². The van der Waals surface area contributed by atoms with Crippen molar-refractivity contribution in [3.63, 3.8) is 0 Å². The number of furan rings is 1. The molecule has 1 amide bonds. The van der Waals surface area contributed by atoms with E-state index >= 15 is 0 Å². The number of anilines is 1. The molecule has 0 fully saturated rings. The molecule has 1 N–H and O–H groups in total. The van der Waals surface area contributed by atoms with Gasteiger partial charge in [0.25, 0.3) is 0 Å². The number of amides is 1. The summed E-state index contributed by atoms with van der Waals surface area (Å²) in [6.45, 7) is 0.417. The number of nitrogens with one attached hydrogen (secondary N) is 1. The number of ether oxygens (including phenoxy) is 1. The van der Waals surface area contributed by atoms with Crippen LogP contribution in [0.25, 0.3) is 0 Å². The molecule has 0 aliphatic rings. The Labute approximate surface area is 139 Å². The van der Waals surface area contributed by atoms with E-state index in [1.807, 2.05) is 0 Å². The minimum atomic E-state index is -0.470. The summed E-state index contributed by atoms with van der Waals surface area (Å²) in [4.78, 5) is 25.3. The summed E-state index contributed by atoms with van der Waals surface area (Å²) >= 11 is 6.00. The van der Waals surface area contributed by atoms with Crippen LogP contribution in [0, 0.1) is 0 Å². The predicted octanol–water partition coefficient (Wildman–Crippen LogP) is 2.79. The maximum atomic E-state index is 12.0. The number of hydrogen-bond acceptors (Lipinski definition) is 5. The van der Waals surface area contributed by atoms with Crippen LogP contribution in [0.2, 0.25) is 5.02 Å². The van der Waals surface area contributed by atoms with Crippen LogP contribution in [0.3, 0.4) is 0 Å². The van der Waals surface area contributed by atoms with Crippen molar-refractivity contribution >= 4 is 29.2 Å². The van der Waals surface area contributed by atoms with Gasteiger partial charge in [-0.3, -0.25) is 9.69 Å². The molecule has 0 bridgehead atoms. The van der Waals surface area contributed by atoms with Gasteiger partial charge in [-0.05, 0) is 25.2 Å². The molecule has 0 saturated carbocycles.